The van der Waals surface area contributed by atoms with Crippen LogP contribution >= 0.6 is 0 Å². The van der Waals surface area contributed by atoms with Crippen molar-refractivity contribution in [2.75, 3.05) is 0 Å². The summed E-state index contributed by atoms with van der Waals surface area (Å²) in [6, 6.07) is 0. The first-order chi connectivity index (χ1) is 3.30. The van der Waals surface area contributed by atoms with Crippen LogP contribution in [0, 0.1) is 0 Å². The van der Waals surface area contributed by atoms with Crippen LogP contribution in [0.5, 0.6) is 0 Å². The fourth-order valence-corrected chi connectivity index (χ4v) is 1.33. The van der Waals surface area contributed by atoms with E-state index in [9.17, 15) is 0 Å². The highest BCUT2D eigenvalue weighted by Crippen LogP contribution is 2.35. The lowest BCUT2D eigenvalue weighted by Gasteiger charge is -2.04. The molecule has 1 rings (SSSR count). The molecule has 38 valence electrons. The van der Waals surface area contributed by atoms with E-state index < -0.39 is 0 Å². The minimum Gasteiger partial charge on any atom is -0.0739 e. The van der Waals surface area contributed by atoms with E-state index in [-0.39, 0.29) is 0 Å². The maximum absolute atomic E-state index is 2.36. The third-order valence-corrected chi connectivity index (χ3v) is 2.29. The van der Waals surface area contributed by atoms with Crippen LogP contribution in [0.4, 0.5) is 0 Å². The van der Waals surface area contributed by atoms with Crippen LogP contribution in [0.1, 0.15) is 19.3 Å². The van der Waals surface area contributed by atoms with Gasteiger partial charge in [0.15, 0.2) is 0 Å². The maximum Gasteiger partial charge on any atom is 0.104 e. The standard InChI is InChI=1S/C5H12B2/c6-4-2-1-3-5(4)7/h4-5H,1-3,6-7H2. The largest absolute Gasteiger partial charge is 0.104 e. The van der Waals surface area contributed by atoms with E-state index in [4.69, 9.17) is 0 Å². The van der Waals surface area contributed by atoms with Gasteiger partial charge in [-0.25, -0.2) is 0 Å². The van der Waals surface area contributed by atoms with E-state index in [0.29, 0.717) is 0 Å². The van der Waals surface area contributed by atoms with Gasteiger partial charge >= 0.3 is 0 Å². The molecule has 0 radical (unpaired) electrons. The Balaban J connectivity index is 2.33. The van der Waals surface area contributed by atoms with E-state index in [1.807, 2.05) is 0 Å². The van der Waals surface area contributed by atoms with Crippen molar-refractivity contribution in [1.29, 1.82) is 0 Å². The van der Waals surface area contributed by atoms with Crippen LogP contribution in [-0.2, 0) is 0 Å². The quantitative estimate of drug-likeness (QED) is 0.371. The minimum atomic E-state index is 1.01. The average molecular weight is 93.8 g/mol. The molecule has 0 aromatic heterocycles. The Morgan fingerprint density at radius 2 is 1.43 bits per heavy atom. The molecule has 2 atom stereocenters. The average Bonchev–Trinajstić information content (AvgIpc) is 1.91. The van der Waals surface area contributed by atoms with Crippen LogP contribution in [0.25, 0.3) is 0 Å². The number of rotatable bonds is 0. The summed E-state index contributed by atoms with van der Waals surface area (Å²) in [5, 5.41) is 0. The molecule has 1 saturated carbocycles. The van der Waals surface area contributed by atoms with Gasteiger partial charge in [-0.2, -0.15) is 0 Å². The Kier molecular flexibility index (Phi) is 1.46. The van der Waals surface area contributed by atoms with Crippen LogP contribution in [0.15, 0.2) is 0 Å². The smallest absolute Gasteiger partial charge is 0.0739 e. The van der Waals surface area contributed by atoms with Gasteiger partial charge in [-0.1, -0.05) is 30.9 Å². The predicted octanol–water partition coefficient (Wildman–Crippen LogP) is 0.0135. The second kappa shape index (κ2) is 1.94. The van der Waals surface area contributed by atoms with Crippen molar-refractivity contribution >= 4 is 15.7 Å². The van der Waals surface area contributed by atoms with Crippen molar-refractivity contribution in [2.24, 2.45) is 0 Å². The second-order valence-corrected chi connectivity index (χ2v) is 2.89. The molecule has 2 unspecified atom stereocenters. The highest BCUT2D eigenvalue weighted by atomic mass is 14.1. The maximum atomic E-state index is 2.36. The van der Waals surface area contributed by atoms with Crippen molar-refractivity contribution in [3.8, 4) is 0 Å². The van der Waals surface area contributed by atoms with Gasteiger partial charge in [-0.3, -0.25) is 0 Å². The topological polar surface area (TPSA) is 0 Å². The zero-order chi connectivity index (χ0) is 5.28. The first-order valence-corrected chi connectivity index (χ1v) is 3.30. The first kappa shape index (κ1) is 5.27. The van der Waals surface area contributed by atoms with Crippen LogP contribution in [0.3, 0.4) is 0 Å². The molecule has 0 aliphatic heterocycles. The predicted molar refractivity (Wildman–Crippen MR) is 38.4 cm³/mol. The normalized spacial score (nSPS) is 41.7. The molecule has 0 nitrogen and oxygen atoms in total. The van der Waals surface area contributed by atoms with Gasteiger partial charge in [0.1, 0.15) is 15.7 Å². The van der Waals surface area contributed by atoms with Gasteiger partial charge in [0.2, 0.25) is 0 Å². The van der Waals surface area contributed by atoms with E-state index in [0.717, 1.165) is 11.6 Å². The summed E-state index contributed by atoms with van der Waals surface area (Å²) in [6.07, 6.45) is 4.42. The van der Waals surface area contributed by atoms with Gasteiger partial charge in [0.05, 0.1) is 0 Å². The summed E-state index contributed by atoms with van der Waals surface area (Å²) in [5.41, 5.74) is 0. The molecule has 0 aromatic rings. The lowest BCUT2D eigenvalue weighted by atomic mass is 9.69. The van der Waals surface area contributed by atoms with E-state index >= 15 is 0 Å². The Bertz CT molecular complexity index is 55.1. The van der Waals surface area contributed by atoms with E-state index in [1.54, 1.807) is 0 Å². The lowest BCUT2D eigenvalue weighted by Crippen LogP contribution is -1.92. The van der Waals surface area contributed by atoms with Gasteiger partial charge in [0, 0.05) is 0 Å². The summed E-state index contributed by atoms with van der Waals surface area (Å²) in [4.78, 5) is 0. The molecule has 0 heterocycles. The molecule has 1 fully saturated rings. The molecule has 0 bridgehead atoms. The monoisotopic (exact) mass is 94.1 g/mol. The van der Waals surface area contributed by atoms with E-state index in [1.165, 1.54) is 19.3 Å². The minimum absolute atomic E-state index is 1.01. The molecular weight excluding hydrogens is 81.7 g/mol. The zero-order valence-corrected chi connectivity index (χ0v) is 5.28. The molecule has 7 heavy (non-hydrogen) atoms. The van der Waals surface area contributed by atoms with Crippen molar-refractivity contribution in [1.82, 2.24) is 0 Å². The Labute approximate surface area is 47.5 Å². The molecule has 0 spiro atoms. The molecule has 1 aliphatic carbocycles. The molecule has 0 saturated heterocycles. The summed E-state index contributed by atoms with van der Waals surface area (Å²) < 4.78 is 0. The van der Waals surface area contributed by atoms with Gasteiger partial charge in [-0.15, -0.1) is 0 Å². The number of hydrogen-bond acceptors (Lipinski definition) is 0. The van der Waals surface area contributed by atoms with Crippen molar-refractivity contribution in [2.45, 2.75) is 30.9 Å². The van der Waals surface area contributed by atoms with Gasteiger partial charge in [-0.05, 0) is 0 Å². The fourth-order valence-electron chi connectivity index (χ4n) is 1.33. The van der Waals surface area contributed by atoms with Gasteiger partial charge in [0.25, 0.3) is 0 Å². The molecule has 1 aliphatic rings. The molecule has 0 aromatic carbocycles. The summed E-state index contributed by atoms with van der Waals surface area (Å²) in [7, 11) is 4.72. The fraction of sp³-hybridized carbons (Fsp3) is 1.00. The van der Waals surface area contributed by atoms with Crippen molar-refractivity contribution < 1.29 is 0 Å². The molecular formula is C5H12B2. The third-order valence-electron chi connectivity index (χ3n) is 2.29. The first-order valence-electron chi connectivity index (χ1n) is 3.30. The Morgan fingerprint density at radius 1 is 1.00 bits per heavy atom. The number of hydrogen-bond donors (Lipinski definition) is 0. The Hall–Kier alpha value is 0.130. The highest BCUT2D eigenvalue weighted by Gasteiger charge is 2.17. The van der Waals surface area contributed by atoms with Crippen molar-refractivity contribution in [3.63, 3.8) is 0 Å². The SMILES string of the molecule is BC1CCCC1B. The summed E-state index contributed by atoms with van der Waals surface area (Å²) >= 11 is 0. The van der Waals surface area contributed by atoms with E-state index in [2.05, 4.69) is 15.7 Å². The molecule has 2 heteroatoms. The van der Waals surface area contributed by atoms with Crippen LogP contribution in [0.2, 0.25) is 11.6 Å². The Morgan fingerprint density at radius 3 is 1.57 bits per heavy atom. The van der Waals surface area contributed by atoms with Crippen LogP contribution < -0.4 is 0 Å². The summed E-state index contributed by atoms with van der Waals surface area (Å²) in [6.45, 7) is 0. The lowest BCUT2D eigenvalue weighted by molar-refractivity contribution is 0.875. The molecule has 0 amide bonds. The summed E-state index contributed by atoms with van der Waals surface area (Å²) in [5.74, 6) is 2.03. The molecule has 0 N–H and O–H groups in total. The second-order valence-electron chi connectivity index (χ2n) is 2.89. The third kappa shape index (κ3) is 1.02. The van der Waals surface area contributed by atoms with Crippen LogP contribution in [-0.4, -0.2) is 15.7 Å². The van der Waals surface area contributed by atoms with Crippen molar-refractivity contribution in [3.05, 3.63) is 0 Å². The highest BCUT2D eigenvalue weighted by molar-refractivity contribution is 6.21. The zero-order valence-electron chi connectivity index (χ0n) is 5.28. The van der Waals surface area contributed by atoms with Gasteiger partial charge < -0.3 is 0 Å².